The molecular weight excluding hydrogens is 350 g/mol. The molecule has 2 heterocycles. The molecule has 0 aliphatic rings. The van der Waals surface area contributed by atoms with Gasteiger partial charge in [-0.1, -0.05) is 37.2 Å². The second-order valence-electron chi connectivity index (χ2n) is 5.83. The number of methoxy groups -OCH3 is 1. The third-order valence-electron chi connectivity index (χ3n) is 3.90. The number of imidazole rings is 1. The monoisotopic (exact) mass is 371 g/mol. The van der Waals surface area contributed by atoms with Crippen molar-refractivity contribution >= 4 is 34.7 Å². The Bertz CT molecular complexity index is 925. The molecule has 2 aromatic heterocycles. The second kappa shape index (κ2) is 8.18. The number of nitrogen functional groups attached to an aromatic ring is 1. The van der Waals surface area contributed by atoms with E-state index in [0.717, 1.165) is 24.2 Å². The number of carbonyl (C=O) groups is 1. The van der Waals surface area contributed by atoms with Gasteiger partial charge in [0, 0.05) is 5.75 Å². The van der Waals surface area contributed by atoms with Gasteiger partial charge < -0.3 is 15.0 Å². The first-order valence-electron chi connectivity index (χ1n) is 8.40. The smallest absolute Gasteiger partial charge is 0.337 e. The van der Waals surface area contributed by atoms with Gasteiger partial charge in [0.1, 0.15) is 5.52 Å². The van der Waals surface area contributed by atoms with Crippen LogP contribution >= 0.6 is 11.8 Å². The number of nitrogens with two attached hydrogens (primary N) is 1. The predicted octanol–water partition coefficient (Wildman–Crippen LogP) is 3.14. The van der Waals surface area contributed by atoms with E-state index in [0.29, 0.717) is 34.2 Å². The molecule has 0 saturated heterocycles. The Kier molecular flexibility index (Phi) is 5.72. The molecule has 0 spiro atoms. The summed E-state index contributed by atoms with van der Waals surface area (Å²) in [5.41, 5.74) is 8.80. The number of esters is 1. The van der Waals surface area contributed by atoms with Crippen LogP contribution in [0.2, 0.25) is 0 Å². The molecule has 0 unspecified atom stereocenters. The van der Waals surface area contributed by atoms with Gasteiger partial charge in [0.15, 0.2) is 16.6 Å². The summed E-state index contributed by atoms with van der Waals surface area (Å²) in [6.45, 7) is 2.67. The molecule has 0 amide bonds. The van der Waals surface area contributed by atoms with Crippen LogP contribution < -0.4 is 5.73 Å². The summed E-state index contributed by atoms with van der Waals surface area (Å²) in [7, 11) is 1.37. The summed E-state index contributed by atoms with van der Waals surface area (Å²) < 4.78 is 6.69. The summed E-state index contributed by atoms with van der Waals surface area (Å²) in [6, 6.07) is 7.30. The summed E-state index contributed by atoms with van der Waals surface area (Å²) in [4.78, 5) is 25.0. The van der Waals surface area contributed by atoms with Gasteiger partial charge in [-0.25, -0.2) is 19.7 Å². The number of hydrogen-bond donors (Lipinski definition) is 1. The van der Waals surface area contributed by atoms with E-state index in [1.165, 1.54) is 7.11 Å². The van der Waals surface area contributed by atoms with Crippen molar-refractivity contribution in [2.75, 3.05) is 18.6 Å². The number of fused-ring (bicyclic) bond motifs is 1. The molecular formula is C18H21N5O2S. The number of ether oxygens (including phenoxy) is 1. The van der Waals surface area contributed by atoms with Gasteiger partial charge in [-0.2, -0.15) is 0 Å². The molecule has 0 aliphatic carbocycles. The Morgan fingerprint density at radius 3 is 2.96 bits per heavy atom. The van der Waals surface area contributed by atoms with Crippen molar-refractivity contribution in [3.63, 3.8) is 0 Å². The number of benzene rings is 1. The van der Waals surface area contributed by atoms with E-state index in [2.05, 4.69) is 21.9 Å². The first-order valence-corrected chi connectivity index (χ1v) is 9.39. The molecule has 7 nitrogen and oxygen atoms in total. The lowest BCUT2D eigenvalue weighted by molar-refractivity contribution is 0.0600. The zero-order valence-corrected chi connectivity index (χ0v) is 15.6. The Labute approximate surface area is 156 Å². The third kappa shape index (κ3) is 3.96. The number of unbranched alkanes of at least 4 members (excludes halogenated alkanes) is 1. The van der Waals surface area contributed by atoms with Crippen molar-refractivity contribution in [2.45, 2.75) is 31.5 Å². The summed E-state index contributed by atoms with van der Waals surface area (Å²) >= 11 is 1.60. The number of anilines is 1. The van der Waals surface area contributed by atoms with E-state index < -0.39 is 0 Å². The zero-order valence-electron chi connectivity index (χ0n) is 14.8. The van der Waals surface area contributed by atoms with Gasteiger partial charge in [-0.05, 0) is 24.1 Å². The van der Waals surface area contributed by atoms with E-state index >= 15 is 0 Å². The maximum absolute atomic E-state index is 11.7. The lowest BCUT2D eigenvalue weighted by atomic mass is 10.1. The minimum Gasteiger partial charge on any atom is -0.465 e. The van der Waals surface area contributed by atoms with Crippen LogP contribution in [0.5, 0.6) is 0 Å². The molecule has 1 aromatic carbocycles. The van der Waals surface area contributed by atoms with Gasteiger partial charge in [-0.15, -0.1) is 0 Å². The Morgan fingerprint density at radius 1 is 1.35 bits per heavy atom. The van der Waals surface area contributed by atoms with Crippen LogP contribution in [0.25, 0.3) is 11.2 Å². The van der Waals surface area contributed by atoms with E-state index in [1.807, 2.05) is 16.7 Å². The van der Waals surface area contributed by atoms with Crippen molar-refractivity contribution in [1.29, 1.82) is 0 Å². The fraction of sp³-hybridized carbons (Fsp3) is 0.333. The van der Waals surface area contributed by atoms with Crippen LogP contribution in [-0.2, 0) is 11.3 Å². The molecule has 0 radical (unpaired) electrons. The Hall–Kier alpha value is -2.61. The van der Waals surface area contributed by atoms with Crippen LogP contribution in [0.4, 0.5) is 5.82 Å². The number of aromatic nitrogens is 4. The number of hydrogen-bond acceptors (Lipinski definition) is 7. The highest BCUT2D eigenvalue weighted by Gasteiger charge is 2.13. The quantitative estimate of drug-likeness (QED) is 0.295. The molecule has 2 N–H and O–H groups in total. The van der Waals surface area contributed by atoms with E-state index in [9.17, 15) is 4.79 Å². The van der Waals surface area contributed by atoms with Crippen molar-refractivity contribution < 1.29 is 9.53 Å². The van der Waals surface area contributed by atoms with E-state index in [4.69, 9.17) is 10.5 Å². The molecule has 3 aromatic rings. The molecule has 8 heteroatoms. The van der Waals surface area contributed by atoms with Crippen LogP contribution in [0.3, 0.4) is 0 Å². The molecule has 26 heavy (non-hydrogen) atoms. The van der Waals surface area contributed by atoms with Crippen molar-refractivity contribution in [2.24, 2.45) is 0 Å². The van der Waals surface area contributed by atoms with Crippen molar-refractivity contribution in [3.05, 3.63) is 41.7 Å². The average molecular weight is 371 g/mol. The molecule has 0 fully saturated rings. The molecule has 136 valence electrons. The van der Waals surface area contributed by atoms with Gasteiger partial charge in [0.2, 0.25) is 0 Å². The maximum atomic E-state index is 11.7. The van der Waals surface area contributed by atoms with E-state index in [-0.39, 0.29) is 5.97 Å². The number of thioether (sulfide) groups is 1. The SMILES string of the molecule is CCCCSc1nc(N)c2ncn(Cc3cccc(C(=O)OC)c3)c2n1. The highest BCUT2D eigenvalue weighted by molar-refractivity contribution is 7.99. The topological polar surface area (TPSA) is 95.9 Å². The highest BCUT2D eigenvalue weighted by atomic mass is 32.2. The molecule has 0 atom stereocenters. The first-order chi connectivity index (χ1) is 12.6. The zero-order chi connectivity index (χ0) is 18.5. The highest BCUT2D eigenvalue weighted by Crippen LogP contribution is 2.23. The summed E-state index contributed by atoms with van der Waals surface area (Å²) in [5.74, 6) is 0.983. The van der Waals surface area contributed by atoms with Crippen LogP contribution in [0.1, 0.15) is 35.7 Å². The number of rotatable bonds is 7. The largest absolute Gasteiger partial charge is 0.465 e. The maximum Gasteiger partial charge on any atom is 0.337 e. The Balaban J connectivity index is 1.89. The van der Waals surface area contributed by atoms with Gasteiger partial charge in [0.25, 0.3) is 0 Å². The van der Waals surface area contributed by atoms with Crippen LogP contribution in [0, 0.1) is 0 Å². The molecule has 0 bridgehead atoms. The second-order valence-corrected chi connectivity index (χ2v) is 6.89. The predicted molar refractivity (Wildman–Crippen MR) is 102 cm³/mol. The number of nitrogens with zero attached hydrogens (tertiary/aromatic N) is 4. The van der Waals surface area contributed by atoms with Gasteiger partial charge >= 0.3 is 5.97 Å². The molecule has 0 aliphatic heterocycles. The first kappa shape index (κ1) is 18.2. The lowest BCUT2D eigenvalue weighted by Gasteiger charge is -2.07. The van der Waals surface area contributed by atoms with Gasteiger partial charge in [-0.3, -0.25) is 0 Å². The normalized spacial score (nSPS) is 11.0. The van der Waals surface area contributed by atoms with E-state index in [1.54, 1.807) is 30.2 Å². The lowest BCUT2D eigenvalue weighted by Crippen LogP contribution is -2.05. The standard InChI is InChI=1S/C18H21N5O2S/c1-3-4-8-26-18-21-15(19)14-16(22-18)23(11-20-14)10-12-6-5-7-13(9-12)17(24)25-2/h5-7,9,11H,3-4,8,10H2,1-2H3,(H2,19,21,22). The van der Waals surface area contributed by atoms with Crippen molar-refractivity contribution in [3.8, 4) is 0 Å². The summed E-state index contributed by atoms with van der Waals surface area (Å²) in [6.07, 6.45) is 3.92. The Morgan fingerprint density at radius 2 is 2.19 bits per heavy atom. The van der Waals surface area contributed by atoms with Crippen LogP contribution in [-0.4, -0.2) is 38.4 Å². The minimum atomic E-state index is -0.358. The number of carbonyl (C=O) groups excluding carboxylic acids is 1. The van der Waals surface area contributed by atoms with Crippen LogP contribution in [0.15, 0.2) is 35.7 Å². The third-order valence-corrected chi connectivity index (χ3v) is 4.83. The van der Waals surface area contributed by atoms with Gasteiger partial charge in [0.05, 0.1) is 25.5 Å². The molecule has 0 saturated carbocycles. The minimum absolute atomic E-state index is 0.358. The fourth-order valence-electron chi connectivity index (χ4n) is 2.54. The van der Waals surface area contributed by atoms with Crippen molar-refractivity contribution in [1.82, 2.24) is 19.5 Å². The fourth-order valence-corrected chi connectivity index (χ4v) is 3.47. The average Bonchev–Trinajstić information content (AvgIpc) is 3.05. The summed E-state index contributed by atoms with van der Waals surface area (Å²) in [5, 5.41) is 0.661. The molecule has 3 rings (SSSR count).